The number of nitrogens with one attached hydrogen (secondary N) is 2. The lowest BCUT2D eigenvalue weighted by molar-refractivity contribution is 0.0208. The molecule has 0 aliphatic carbocycles. The monoisotopic (exact) mass is 399 g/mol. The van der Waals surface area contributed by atoms with Crippen LogP contribution in [0.2, 0.25) is 0 Å². The van der Waals surface area contributed by atoms with Gasteiger partial charge >= 0.3 is 0 Å². The third kappa shape index (κ3) is 4.71. The highest BCUT2D eigenvalue weighted by atomic mass is 16.5. The molecular weight excluding hydrogens is 370 g/mol. The van der Waals surface area contributed by atoms with Gasteiger partial charge in [-0.2, -0.15) is 4.98 Å². The first-order valence-corrected chi connectivity index (χ1v) is 10.1. The minimum Gasteiger partial charge on any atom is -0.493 e. The molecular formula is C21H29N5O3. The van der Waals surface area contributed by atoms with Crippen LogP contribution in [-0.4, -0.2) is 68.0 Å². The maximum absolute atomic E-state index is 6.11. The van der Waals surface area contributed by atoms with Crippen molar-refractivity contribution >= 4 is 17.5 Å². The van der Waals surface area contributed by atoms with Gasteiger partial charge in [-0.05, 0) is 25.5 Å². The van der Waals surface area contributed by atoms with Crippen LogP contribution in [0.1, 0.15) is 12.1 Å². The Morgan fingerprint density at radius 3 is 2.79 bits per heavy atom. The summed E-state index contributed by atoms with van der Waals surface area (Å²) >= 11 is 0. The van der Waals surface area contributed by atoms with E-state index in [1.54, 1.807) is 7.11 Å². The highest BCUT2D eigenvalue weighted by Crippen LogP contribution is 2.32. The maximum atomic E-state index is 6.11. The average molecular weight is 399 g/mol. The molecule has 1 aromatic carbocycles. The van der Waals surface area contributed by atoms with Gasteiger partial charge in [0, 0.05) is 62.2 Å². The zero-order chi connectivity index (χ0) is 20.2. The van der Waals surface area contributed by atoms with E-state index in [-0.39, 0.29) is 0 Å². The van der Waals surface area contributed by atoms with E-state index in [4.69, 9.17) is 14.2 Å². The van der Waals surface area contributed by atoms with E-state index in [1.165, 1.54) is 0 Å². The summed E-state index contributed by atoms with van der Waals surface area (Å²) in [7, 11) is 3.50. The summed E-state index contributed by atoms with van der Waals surface area (Å²) in [4.78, 5) is 11.4. The number of ether oxygens (including phenoxy) is 3. The minimum atomic E-state index is 0.537. The van der Waals surface area contributed by atoms with Gasteiger partial charge in [0.2, 0.25) is 5.95 Å². The van der Waals surface area contributed by atoms with Crippen molar-refractivity contribution in [3.63, 3.8) is 0 Å². The fourth-order valence-corrected chi connectivity index (χ4v) is 3.78. The Morgan fingerprint density at radius 2 is 2.07 bits per heavy atom. The Hall–Kier alpha value is -2.58. The largest absolute Gasteiger partial charge is 0.493 e. The van der Waals surface area contributed by atoms with E-state index >= 15 is 0 Å². The minimum absolute atomic E-state index is 0.537. The molecule has 29 heavy (non-hydrogen) atoms. The molecule has 156 valence electrons. The fraction of sp³-hybridized carbons (Fsp3) is 0.524. The van der Waals surface area contributed by atoms with E-state index < -0.39 is 0 Å². The molecule has 2 fully saturated rings. The van der Waals surface area contributed by atoms with Crippen molar-refractivity contribution in [2.24, 2.45) is 5.92 Å². The molecule has 2 saturated heterocycles. The molecule has 8 nitrogen and oxygen atoms in total. The van der Waals surface area contributed by atoms with E-state index in [1.807, 2.05) is 38.2 Å². The lowest BCUT2D eigenvalue weighted by Gasteiger charge is -2.42. The molecule has 1 unspecified atom stereocenters. The standard InChI is InChI=1S/C21H29N5O3/c1-14-8-20(22-2)25-21(23-14)24-16-4-5-18(27-3)19(9-16)29-12-15-10-26(11-15)17-6-7-28-13-17/h4-5,8-9,15,17H,6-7,10-13H2,1-3H3,(H2,22,23,24,25). The number of nitrogens with zero attached hydrogens (tertiary/aromatic N) is 3. The van der Waals surface area contributed by atoms with Crippen LogP contribution in [0.3, 0.4) is 0 Å². The van der Waals surface area contributed by atoms with E-state index in [0.29, 0.717) is 24.5 Å². The molecule has 4 rings (SSSR count). The lowest BCUT2D eigenvalue weighted by atomic mass is 9.98. The molecule has 0 bridgehead atoms. The molecule has 2 aliphatic heterocycles. The predicted octanol–water partition coefficient (Wildman–Crippen LogP) is 2.68. The average Bonchev–Trinajstić information content (AvgIpc) is 3.20. The number of anilines is 3. The van der Waals surface area contributed by atoms with Crippen molar-refractivity contribution < 1.29 is 14.2 Å². The number of benzene rings is 1. The topological polar surface area (TPSA) is 80.8 Å². The first-order chi connectivity index (χ1) is 14.1. The van der Waals surface area contributed by atoms with Crippen molar-refractivity contribution in [2.45, 2.75) is 19.4 Å². The first-order valence-electron chi connectivity index (χ1n) is 10.1. The Balaban J connectivity index is 1.37. The van der Waals surface area contributed by atoms with Crippen molar-refractivity contribution in [1.29, 1.82) is 0 Å². The number of aromatic nitrogens is 2. The highest BCUT2D eigenvalue weighted by molar-refractivity contribution is 5.60. The van der Waals surface area contributed by atoms with Gasteiger partial charge < -0.3 is 24.8 Å². The molecule has 2 aromatic rings. The molecule has 0 radical (unpaired) electrons. The van der Waals surface area contributed by atoms with Crippen LogP contribution in [-0.2, 0) is 4.74 Å². The van der Waals surface area contributed by atoms with E-state index in [0.717, 1.165) is 61.4 Å². The van der Waals surface area contributed by atoms with Crippen LogP contribution in [0.25, 0.3) is 0 Å². The molecule has 2 N–H and O–H groups in total. The van der Waals surface area contributed by atoms with Gasteiger partial charge in [-0.25, -0.2) is 4.98 Å². The molecule has 0 amide bonds. The van der Waals surface area contributed by atoms with Gasteiger partial charge in [0.15, 0.2) is 11.5 Å². The lowest BCUT2D eigenvalue weighted by Crippen LogP contribution is -2.54. The van der Waals surface area contributed by atoms with Gasteiger partial charge in [0.25, 0.3) is 0 Å². The second-order valence-electron chi connectivity index (χ2n) is 7.61. The van der Waals surface area contributed by atoms with Crippen LogP contribution < -0.4 is 20.1 Å². The number of methoxy groups -OCH3 is 1. The van der Waals surface area contributed by atoms with Gasteiger partial charge in [-0.3, -0.25) is 4.90 Å². The van der Waals surface area contributed by atoms with Crippen LogP contribution in [0.5, 0.6) is 11.5 Å². The van der Waals surface area contributed by atoms with Gasteiger partial charge in [-0.15, -0.1) is 0 Å². The smallest absolute Gasteiger partial charge is 0.229 e. The van der Waals surface area contributed by atoms with Crippen molar-refractivity contribution in [3.05, 3.63) is 30.0 Å². The zero-order valence-corrected chi connectivity index (χ0v) is 17.3. The summed E-state index contributed by atoms with van der Waals surface area (Å²) in [6.07, 6.45) is 1.14. The molecule has 3 heterocycles. The van der Waals surface area contributed by atoms with Crippen LogP contribution in [0.4, 0.5) is 17.5 Å². The second kappa shape index (κ2) is 8.84. The van der Waals surface area contributed by atoms with Crippen molar-refractivity contribution in [3.8, 4) is 11.5 Å². The Labute approximate surface area is 171 Å². The van der Waals surface area contributed by atoms with Crippen LogP contribution in [0.15, 0.2) is 24.3 Å². The predicted molar refractivity (Wildman–Crippen MR) is 112 cm³/mol. The van der Waals surface area contributed by atoms with E-state index in [9.17, 15) is 0 Å². The van der Waals surface area contributed by atoms with Gasteiger partial charge in [0.1, 0.15) is 5.82 Å². The highest BCUT2D eigenvalue weighted by Gasteiger charge is 2.34. The second-order valence-corrected chi connectivity index (χ2v) is 7.61. The number of hydrogen-bond acceptors (Lipinski definition) is 8. The summed E-state index contributed by atoms with van der Waals surface area (Å²) in [6.45, 7) is 6.51. The Bertz CT molecular complexity index is 835. The molecule has 0 spiro atoms. The number of rotatable bonds is 8. The molecule has 2 aliphatic rings. The normalized spacial score (nSPS) is 19.6. The van der Waals surface area contributed by atoms with Gasteiger partial charge in [-0.1, -0.05) is 0 Å². The van der Waals surface area contributed by atoms with Crippen molar-refractivity contribution in [2.75, 3.05) is 57.7 Å². The third-order valence-corrected chi connectivity index (χ3v) is 5.41. The fourth-order valence-electron chi connectivity index (χ4n) is 3.78. The number of likely N-dealkylation sites (tertiary alicyclic amines) is 1. The Kier molecular flexibility index (Phi) is 6.01. The summed E-state index contributed by atoms with van der Waals surface area (Å²) in [5.41, 5.74) is 1.74. The summed E-state index contributed by atoms with van der Waals surface area (Å²) in [5.74, 6) is 3.29. The van der Waals surface area contributed by atoms with Crippen molar-refractivity contribution in [1.82, 2.24) is 14.9 Å². The molecule has 0 saturated carbocycles. The molecule has 8 heteroatoms. The zero-order valence-electron chi connectivity index (χ0n) is 17.3. The SMILES string of the molecule is CNc1cc(C)nc(Nc2ccc(OC)c(OCC3CN(C4CCOC4)C3)c2)n1. The number of aryl methyl sites for hydroxylation is 1. The van der Waals surface area contributed by atoms with Gasteiger partial charge in [0.05, 0.1) is 20.3 Å². The van der Waals surface area contributed by atoms with Crippen LogP contribution in [0, 0.1) is 12.8 Å². The summed E-state index contributed by atoms with van der Waals surface area (Å²) in [5, 5.41) is 6.30. The third-order valence-electron chi connectivity index (χ3n) is 5.41. The summed E-state index contributed by atoms with van der Waals surface area (Å²) < 4.78 is 17.1. The maximum Gasteiger partial charge on any atom is 0.229 e. The van der Waals surface area contributed by atoms with Crippen LogP contribution >= 0.6 is 0 Å². The quantitative estimate of drug-likeness (QED) is 0.701. The first kappa shape index (κ1) is 19.7. The Morgan fingerprint density at radius 1 is 1.21 bits per heavy atom. The molecule has 1 aromatic heterocycles. The molecule has 1 atom stereocenters. The summed E-state index contributed by atoms with van der Waals surface area (Å²) in [6, 6.07) is 8.25. The number of hydrogen-bond donors (Lipinski definition) is 2. The van der Waals surface area contributed by atoms with E-state index in [2.05, 4.69) is 25.5 Å².